The molecule has 6 heteroatoms. The van der Waals surface area contributed by atoms with Gasteiger partial charge in [-0.15, -0.1) is 12.4 Å². The van der Waals surface area contributed by atoms with E-state index in [9.17, 15) is 8.78 Å². The molecule has 1 saturated heterocycles. The van der Waals surface area contributed by atoms with Crippen molar-refractivity contribution in [2.24, 2.45) is 0 Å². The molecule has 0 bridgehead atoms. The van der Waals surface area contributed by atoms with Crippen LogP contribution < -0.4 is 5.32 Å². The number of halogens is 3. The number of piperazine rings is 1. The fourth-order valence-electron chi connectivity index (χ4n) is 2.91. The van der Waals surface area contributed by atoms with Crippen LogP contribution in [-0.4, -0.2) is 48.7 Å². The number of nitrogens with zero attached hydrogens (tertiary/aromatic N) is 1. The Balaban J connectivity index is 0.00000264. The van der Waals surface area contributed by atoms with Gasteiger partial charge in [-0.25, -0.2) is 8.78 Å². The minimum absolute atomic E-state index is 0. The first-order valence-corrected chi connectivity index (χ1v) is 7.79. The van der Waals surface area contributed by atoms with E-state index in [0.717, 1.165) is 5.56 Å². The fraction of sp³-hybridized carbons (Fsp3) is 0.647. The molecule has 0 aromatic heterocycles. The van der Waals surface area contributed by atoms with E-state index in [1.54, 1.807) is 17.0 Å². The van der Waals surface area contributed by atoms with E-state index >= 15 is 0 Å². The molecule has 0 radical (unpaired) electrons. The van der Waals surface area contributed by atoms with Crippen molar-refractivity contribution in [3.8, 4) is 0 Å². The lowest BCUT2D eigenvalue weighted by molar-refractivity contribution is -0.118. The summed E-state index contributed by atoms with van der Waals surface area (Å²) in [4.78, 5) is 1.76. The Morgan fingerprint density at radius 3 is 2.09 bits per heavy atom. The highest BCUT2D eigenvalue weighted by Crippen LogP contribution is 2.37. The predicted octanol–water partition coefficient (Wildman–Crippen LogP) is 2.98. The number of nitrogens with one attached hydrogen (secondary N) is 1. The van der Waals surface area contributed by atoms with Crippen LogP contribution in [0, 0.1) is 0 Å². The lowest BCUT2D eigenvalue weighted by Gasteiger charge is -2.39. The molecule has 1 atom stereocenters. The van der Waals surface area contributed by atoms with Crippen LogP contribution in [0.1, 0.15) is 37.9 Å². The fourth-order valence-corrected chi connectivity index (χ4v) is 2.91. The summed E-state index contributed by atoms with van der Waals surface area (Å²) in [5, 5.41) is 12.3. The Morgan fingerprint density at radius 2 is 1.65 bits per heavy atom. The molecule has 132 valence electrons. The van der Waals surface area contributed by atoms with Gasteiger partial charge in [-0.05, 0) is 16.5 Å². The van der Waals surface area contributed by atoms with Gasteiger partial charge in [-0.1, -0.05) is 45.0 Å². The van der Waals surface area contributed by atoms with Crippen molar-refractivity contribution >= 4 is 12.4 Å². The monoisotopic (exact) mass is 348 g/mol. The third kappa shape index (κ3) is 4.86. The van der Waals surface area contributed by atoms with Crippen molar-refractivity contribution < 1.29 is 13.9 Å². The number of alkyl halides is 2. The third-order valence-electron chi connectivity index (χ3n) is 4.22. The van der Waals surface area contributed by atoms with Crippen LogP contribution in [0.25, 0.3) is 0 Å². The Hall–Kier alpha value is -0.750. The van der Waals surface area contributed by atoms with Crippen LogP contribution in [0.3, 0.4) is 0 Å². The van der Waals surface area contributed by atoms with E-state index in [-0.39, 0.29) is 17.8 Å². The average molecular weight is 349 g/mol. The molecule has 0 spiro atoms. The van der Waals surface area contributed by atoms with E-state index in [2.05, 4.69) is 26.1 Å². The van der Waals surface area contributed by atoms with Crippen LogP contribution in [0.5, 0.6) is 0 Å². The average Bonchev–Trinajstić information content (AvgIpc) is 2.48. The van der Waals surface area contributed by atoms with Crippen LogP contribution in [-0.2, 0) is 5.41 Å². The number of benzene rings is 1. The largest absolute Gasteiger partial charge is 0.390 e. The molecule has 2 rings (SSSR count). The zero-order chi connectivity index (χ0) is 16.4. The van der Waals surface area contributed by atoms with Crippen molar-refractivity contribution in [3.05, 3.63) is 35.4 Å². The van der Waals surface area contributed by atoms with Gasteiger partial charge in [0.2, 0.25) is 0 Å². The van der Waals surface area contributed by atoms with Gasteiger partial charge < -0.3 is 10.4 Å². The van der Waals surface area contributed by atoms with Crippen molar-refractivity contribution in [2.75, 3.05) is 32.8 Å². The summed E-state index contributed by atoms with van der Waals surface area (Å²) in [6.07, 6.45) is 0. The molecule has 1 fully saturated rings. The Labute approximate surface area is 143 Å². The van der Waals surface area contributed by atoms with E-state index in [1.807, 2.05) is 12.1 Å². The highest BCUT2D eigenvalue weighted by molar-refractivity contribution is 5.85. The molecule has 1 aliphatic heterocycles. The number of hydrogen-bond donors (Lipinski definition) is 2. The number of aliphatic hydroxyl groups excluding tert-OH is 1. The van der Waals surface area contributed by atoms with Gasteiger partial charge >= 0.3 is 0 Å². The molecule has 23 heavy (non-hydrogen) atoms. The van der Waals surface area contributed by atoms with Crippen molar-refractivity contribution in [1.82, 2.24) is 10.2 Å². The minimum atomic E-state index is -3.15. The van der Waals surface area contributed by atoms with E-state index in [1.165, 1.54) is 0 Å². The van der Waals surface area contributed by atoms with Gasteiger partial charge in [0.05, 0.1) is 0 Å². The van der Waals surface area contributed by atoms with Crippen LogP contribution in [0.2, 0.25) is 0 Å². The van der Waals surface area contributed by atoms with Crippen LogP contribution in [0.15, 0.2) is 24.3 Å². The molecule has 2 N–H and O–H groups in total. The summed E-state index contributed by atoms with van der Waals surface area (Å²) in [6, 6.07) is 6.30. The highest BCUT2D eigenvalue weighted by atomic mass is 35.5. The van der Waals surface area contributed by atoms with Crippen LogP contribution >= 0.6 is 12.4 Å². The first kappa shape index (κ1) is 20.3. The Kier molecular flexibility index (Phi) is 6.95. The summed E-state index contributed by atoms with van der Waals surface area (Å²) in [6.45, 7) is 7.65. The van der Waals surface area contributed by atoms with E-state index in [4.69, 9.17) is 5.11 Å². The molecular weight excluding hydrogens is 322 g/mol. The maximum atomic E-state index is 14.3. The minimum Gasteiger partial charge on any atom is -0.390 e. The second-order valence-electron chi connectivity index (χ2n) is 6.98. The Morgan fingerprint density at radius 1 is 1.13 bits per heavy atom. The molecular formula is C17H27ClF2N2O. The summed E-state index contributed by atoms with van der Waals surface area (Å²) in [5.74, 6) is -3.15. The lowest BCUT2D eigenvalue weighted by atomic mass is 9.85. The zero-order valence-corrected chi connectivity index (χ0v) is 14.8. The molecule has 0 saturated carbocycles. The lowest BCUT2D eigenvalue weighted by Crippen LogP contribution is -2.51. The third-order valence-corrected chi connectivity index (χ3v) is 4.22. The smallest absolute Gasteiger partial charge is 0.289 e. The van der Waals surface area contributed by atoms with E-state index in [0.29, 0.717) is 31.7 Å². The van der Waals surface area contributed by atoms with Gasteiger partial charge in [0, 0.05) is 26.2 Å². The van der Waals surface area contributed by atoms with Crippen molar-refractivity contribution in [2.45, 2.75) is 38.2 Å². The van der Waals surface area contributed by atoms with Gasteiger partial charge in [-0.3, -0.25) is 4.90 Å². The van der Waals surface area contributed by atoms with E-state index < -0.39 is 18.6 Å². The summed E-state index contributed by atoms with van der Waals surface area (Å²) >= 11 is 0. The molecule has 0 unspecified atom stereocenters. The van der Waals surface area contributed by atoms with Gasteiger partial charge in [-0.2, -0.15) is 0 Å². The zero-order valence-electron chi connectivity index (χ0n) is 14.0. The van der Waals surface area contributed by atoms with Gasteiger partial charge in [0.15, 0.2) is 0 Å². The van der Waals surface area contributed by atoms with Crippen LogP contribution in [0.4, 0.5) is 8.78 Å². The Bertz CT molecular complexity index is 482. The maximum absolute atomic E-state index is 14.3. The van der Waals surface area contributed by atoms with Crippen molar-refractivity contribution in [3.63, 3.8) is 0 Å². The normalized spacial score (nSPS) is 18.3. The standard InChI is InChI=1S/C17H26F2N2O.ClH/c1-16(2,3)14-6-4-13(5-7-14)15(17(18,19)12-22)21-10-8-20-9-11-21;/h4-7,15,20,22H,8-12H2,1-3H3;1H/t15-;/m0./s1. The van der Waals surface area contributed by atoms with Crippen molar-refractivity contribution in [1.29, 1.82) is 0 Å². The van der Waals surface area contributed by atoms with Gasteiger partial charge in [0.1, 0.15) is 12.6 Å². The maximum Gasteiger partial charge on any atom is 0.289 e. The SMILES string of the molecule is CC(C)(C)c1ccc([C@H](N2CCNCC2)C(F)(F)CO)cc1.Cl. The second-order valence-corrected chi connectivity index (χ2v) is 6.98. The quantitative estimate of drug-likeness (QED) is 0.878. The molecule has 1 aromatic carbocycles. The molecule has 1 heterocycles. The summed E-state index contributed by atoms with van der Waals surface area (Å²) in [7, 11) is 0. The first-order valence-electron chi connectivity index (χ1n) is 7.79. The molecule has 1 aromatic rings. The number of aliphatic hydroxyl groups is 1. The summed E-state index contributed by atoms with van der Waals surface area (Å²) < 4.78 is 28.6. The highest BCUT2D eigenvalue weighted by Gasteiger charge is 2.44. The van der Waals surface area contributed by atoms with Gasteiger partial charge in [0.25, 0.3) is 5.92 Å². The topological polar surface area (TPSA) is 35.5 Å². The molecule has 0 amide bonds. The summed E-state index contributed by atoms with van der Waals surface area (Å²) in [5.41, 5.74) is 1.67. The molecule has 1 aliphatic rings. The predicted molar refractivity (Wildman–Crippen MR) is 91.6 cm³/mol. The number of hydrogen-bond acceptors (Lipinski definition) is 3. The molecule has 3 nitrogen and oxygen atoms in total. The molecule has 0 aliphatic carbocycles. The second kappa shape index (κ2) is 7.88. The number of rotatable bonds is 4. The first-order chi connectivity index (χ1) is 10.3.